The standard InChI is InChI=1S/C39H48N2O13S3/c1-4-40-32-19-17-29(57(52,53)54)27-31(32)39(3,21-11-23-55(46,47)48)34(40)13-8-6-5-7-9-14-35-38(2,20-10-15-36(42)43)30-25-28(26-37(44)45)16-18-33(30)41(35)22-12-24-56(49,50)51/h5-9,13-14,16-19,25,27H,4,10-12,15,20-24,26H2,1-3H3,(H4-,42,43,44,45,46,47,48,49,50,51,52,53,54)/p-1. The van der Waals surface area contributed by atoms with E-state index in [1.54, 1.807) is 60.7 Å². The molecule has 2 aromatic carbocycles. The maximum absolute atomic E-state index is 12.0. The van der Waals surface area contributed by atoms with Gasteiger partial charge in [0, 0.05) is 72.0 Å². The summed E-state index contributed by atoms with van der Waals surface area (Å²) in [5, 5.41) is 20.8. The summed E-state index contributed by atoms with van der Waals surface area (Å²) in [6.07, 6.45) is 12.8. The number of aliphatic carboxylic acids is 2. The predicted molar refractivity (Wildman–Crippen MR) is 211 cm³/mol. The van der Waals surface area contributed by atoms with Crippen molar-refractivity contribution in [3.63, 3.8) is 0 Å². The van der Waals surface area contributed by atoms with Crippen molar-refractivity contribution < 1.29 is 63.3 Å². The topological polar surface area (TPSA) is 250 Å². The predicted octanol–water partition coefficient (Wildman–Crippen LogP) is 3.79. The number of hydrogen-bond donors (Lipinski definition) is 3. The van der Waals surface area contributed by atoms with E-state index in [0.717, 1.165) is 11.3 Å². The van der Waals surface area contributed by atoms with E-state index >= 15 is 0 Å². The quantitative estimate of drug-likeness (QED) is 0.0975. The van der Waals surface area contributed by atoms with Crippen LogP contribution >= 0.6 is 0 Å². The summed E-state index contributed by atoms with van der Waals surface area (Å²) < 4.78 is 103. The molecule has 0 radical (unpaired) electrons. The van der Waals surface area contributed by atoms with Crippen LogP contribution in [0, 0.1) is 0 Å². The van der Waals surface area contributed by atoms with Crippen LogP contribution in [0.15, 0.2) is 89.5 Å². The minimum absolute atomic E-state index is 0.00631. The second kappa shape index (κ2) is 18.0. The van der Waals surface area contributed by atoms with Crippen molar-refractivity contribution >= 4 is 59.4 Å². The number of allylic oxidation sites excluding steroid dienone is 8. The molecule has 0 aromatic heterocycles. The smallest absolute Gasteiger partial charge is 0.303 e. The molecule has 0 saturated carbocycles. The van der Waals surface area contributed by atoms with E-state index in [1.165, 1.54) is 12.1 Å². The SMILES string of the molecule is CCN1/C(=C/C=C/C=C/C=C/C2=[N+](CCCS(=O)(=O)[O-])c3ccc(CC(=O)[O-])cc3C2(C)CCCC(=O)O)C(C)(CCCS(=O)(=O)O)c2cc(S(=O)(=O)O)ccc21. The van der Waals surface area contributed by atoms with Gasteiger partial charge in [0.2, 0.25) is 5.69 Å². The van der Waals surface area contributed by atoms with Gasteiger partial charge in [0.15, 0.2) is 5.71 Å². The molecule has 2 aromatic rings. The van der Waals surface area contributed by atoms with Crippen molar-refractivity contribution in [3.05, 3.63) is 101 Å². The van der Waals surface area contributed by atoms with Crippen LogP contribution in [0.3, 0.4) is 0 Å². The third kappa shape index (κ3) is 11.4. The van der Waals surface area contributed by atoms with E-state index in [9.17, 15) is 58.7 Å². The Balaban J connectivity index is 1.70. The Morgan fingerprint density at radius 1 is 0.842 bits per heavy atom. The van der Waals surface area contributed by atoms with E-state index in [1.807, 2.05) is 36.3 Å². The van der Waals surface area contributed by atoms with Crippen LogP contribution in [0.1, 0.15) is 76.0 Å². The highest BCUT2D eigenvalue weighted by atomic mass is 32.2. The van der Waals surface area contributed by atoms with Crippen molar-refractivity contribution in [1.82, 2.24) is 0 Å². The zero-order chi connectivity index (χ0) is 42.4. The van der Waals surface area contributed by atoms with Gasteiger partial charge in [-0.3, -0.25) is 13.9 Å². The van der Waals surface area contributed by atoms with Gasteiger partial charge in [-0.1, -0.05) is 36.4 Å². The third-order valence-electron chi connectivity index (χ3n) is 10.3. The van der Waals surface area contributed by atoms with Crippen LogP contribution in [-0.2, 0) is 57.2 Å². The largest absolute Gasteiger partial charge is 0.748 e. The van der Waals surface area contributed by atoms with Crippen LogP contribution in [0.5, 0.6) is 0 Å². The summed E-state index contributed by atoms with van der Waals surface area (Å²) in [6.45, 7) is 6.25. The molecule has 3 N–H and O–H groups in total. The van der Waals surface area contributed by atoms with Gasteiger partial charge in [-0.2, -0.15) is 21.4 Å². The average molecular weight is 848 g/mol. The molecule has 2 atom stereocenters. The second-order valence-electron chi connectivity index (χ2n) is 14.4. The monoisotopic (exact) mass is 847 g/mol. The fourth-order valence-electron chi connectivity index (χ4n) is 7.76. The van der Waals surface area contributed by atoms with Gasteiger partial charge < -0.3 is 24.5 Å². The summed E-state index contributed by atoms with van der Waals surface area (Å²) >= 11 is 0. The lowest BCUT2D eigenvalue weighted by molar-refractivity contribution is -0.437. The van der Waals surface area contributed by atoms with Gasteiger partial charge >= 0.3 is 5.97 Å². The lowest BCUT2D eigenvalue weighted by atomic mass is 9.75. The van der Waals surface area contributed by atoms with Gasteiger partial charge in [-0.25, -0.2) is 8.42 Å². The molecule has 18 heteroatoms. The second-order valence-corrected chi connectivity index (χ2v) is 18.9. The molecule has 0 aliphatic carbocycles. The van der Waals surface area contributed by atoms with Crippen LogP contribution in [0.4, 0.5) is 11.4 Å². The first-order chi connectivity index (χ1) is 26.5. The van der Waals surface area contributed by atoms with E-state index in [4.69, 9.17) is 0 Å². The van der Waals surface area contributed by atoms with E-state index in [2.05, 4.69) is 0 Å². The number of carboxylic acids is 2. The van der Waals surface area contributed by atoms with Crippen molar-refractivity contribution in [2.24, 2.45) is 0 Å². The highest BCUT2D eigenvalue weighted by molar-refractivity contribution is 7.86. The molecule has 310 valence electrons. The lowest BCUT2D eigenvalue weighted by Gasteiger charge is -2.30. The Labute approximate surface area is 333 Å². The number of nitrogens with zero attached hydrogens (tertiary/aromatic N) is 2. The maximum atomic E-state index is 12.0. The van der Waals surface area contributed by atoms with Gasteiger partial charge in [0.05, 0.1) is 26.2 Å². The van der Waals surface area contributed by atoms with Crippen LogP contribution in [0.2, 0.25) is 0 Å². The summed E-state index contributed by atoms with van der Waals surface area (Å²) in [6, 6.07) is 9.34. The molecular weight excluding hydrogens is 801 g/mol. The number of likely N-dealkylation sites (N-methyl/N-ethyl adjacent to an activating group) is 1. The number of hydrogen-bond acceptors (Lipinski definition) is 11. The minimum Gasteiger partial charge on any atom is -0.748 e. The molecule has 57 heavy (non-hydrogen) atoms. The first-order valence-electron chi connectivity index (χ1n) is 18.2. The highest BCUT2D eigenvalue weighted by Crippen LogP contribution is 2.51. The normalized spacial score (nSPS) is 20.7. The van der Waals surface area contributed by atoms with Gasteiger partial charge in [0.25, 0.3) is 20.2 Å². The zero-order valence-corrected chi connectivity index (χ0v) is 34.3. The first kappa shape index (κ1) is 45.2. The number of carbonyl (C=O) groups is 2. The molecule has 4 rings (SSSR count). The number of carboxylic acid groups (broad SMARTS) is 2. The van der Waals surface area contributed by atoms with Gasteiger partial charge in [-0.05, 0) is 87.9 Å². The molecule has 0 saturated heterocycles. The van der Waals surface area contributed by atoms with E-state index < -0.39 is 64.6 Å². The third-order valence-corrected chi connectivity index (χ3v) is 12.8. The lowest BCUT2D eigenvalue weighted by Crippen LogP contribution is -2.32. The summed E-state index contributed by atoms with van der Waals surface area (Å²) in [7, 11) is -13.3. The summed E-state index contributed by atoms with van der Waals surface area (Å²) in [4.78, 5) is 24.5. The van der Waals surface area contributed by atoms with Crippen LogP contribution in [0.25, 0.3) is 0 Å². The Morgan fingerprint density at radius 2 is 1.51 bits per heavy atom. The zero-order valence-electron chi connectivity index (χ0n) is 31.8. The van der Waals surface area contributed by atoms with Crippen molar-refractivity contribution in [2.75, 3.05) is 29.5 Å². The van der Waals surface area contributed by atoms with Crippen LogP contribution < -0.4 is 10.0 Å². The molecule has 0 amide bonds. The number of fused-ring (bicyclic) bond motifs is 2. The molecule has 2 unspecified atom stereocenters. The Morgan fingerprint density at radius 3 is 2.12 bits per heavy atom. The number of benzene rings is 2. The molecular formula is C39H47N2O13S3-. The van der Waals surface area contributed by atoms with E-state index in [-0.39, 0.29) is 50.0 Å². The van der Waals surface area contributed by atoms with Crippen LogP contribution in [-0.4, -0.2) is 90.8 Å². The van der Waals surface area contributed by atoms with Gasteiger partial charge in [0.1, 0.15) is 6.54 Å². The van der Waals surface area contributed by atoms with Gasteiger partial charge in [-0.15, -0.1) is 0 Å². The van der Waals surface area contributed by atoms with Crippen molar-refractivity contribution in [3.8, 4) is 0 Å². The molecule has 0 fully saturated rings. The fourth-order valence-corrected chi connectivity index (χ4v) is 9.26. The van der Waals surface area contributed by atoms with Crippen molar-refractivity contribution in [2.45, 2.75) is 81.4 Å². The molecule has 2 aliphatic heterocycles. The molecule has 2 aliphatic rings. The highest BCUT2D eigenvalue weighted by Gasteiger charge is 2.47. The summed E-state index contributed by atoms with van der Waals surface area (Å²) in [5.74, 6) is -3.36. The fraction of sp³-hybridized carbons (Fsp3) is 0.410. The summed E-state index contributed by atoms with van der Waals surface area (Å²) in [5.41, 5.74) is 2.84. The molecule has 2 heterocycles. The van der Waals surface area contributed by atoms with E-state index in [0.29, 0.717) is 41.2 Å². The van der Waals surface area contributed by atoms with Crippen molar-refractivity contribution in [1.29, 1.82) is 0 Å². The maximum Gasteiger partial charge on any atom is 0.303 e. The Hall–Kier alpha value is -4.46. The Bertz CT molecular complexity index is 2380. The number of rotatable bonds is 20. The molecule has 0 spiro atoms. The Kier molecular flexibility index (Phi) is 14.3. The molecule has 15 nitrogen and oxygen atoms in total. The minimum atomic E-state index is -4.54. The average Bonchev–Trinajstić information content (AvgIpc) is 3.45. The number of anilines is 1. The number of carbonyl (C=O) groups excluding carboxylic acids is 1. The first-order valence-corrected chi connectivity index (χ1v) is 22.8. The molecule has 0 bridgehead atoms.